The molecule has 0 aromatic heterocycles. The van der Waals surface area contributed by atoms with Crippen LogP contribution < -0.4 is 0 Å². The van der Waals surface area contributed by atoms with Gasteiger partial charge in [0.1, 0.15) is 12.2 Å². The summed E-state index contributed by atoms with van der Waals surface area (Å²) in [6, 6.07) is 0. The van der Waals surface area contributed by atoms with E-state index in [0.717, 1.165) is 30.4 Å². The monoisotopic (exact) mass is 360 g/mol. The fourth-order valence-electron chi connectivity index (χ4n) is 5.64. The van der Waals surface area contributed by atoms with E-state index in [9.17, 15) is 15.0 Å². The molecule has 2 bridgehead atoms. The lowest BCUT2D eigenvalue weighted by molar-refractivity contribution is -0.147. The van der Waals surface area contributed by atoms with Crippen molar-refractivity contribution in [1.29, 1.82) is 0 Å². The number of carbonyl (C=O) groups is 1. The van der Waals surface area contributed by atoms with Gasteiger partial charge in [0.15, 0.2) is 0 Å². The molecule has 26 heavy (non-hydrogen) atoms. The highest BCUT2D eigenvalue weighted by Gasteiger charge is 2.57. The van der Waals surface area contributed by atoms with Crippen LogP contribution in [0.3, 0.4) is 0 Å². The molecule has 3 aliphatic rings. The van der Waals surface area contributed by atoms with E-state index in [1.807, 2.05) is 6.92 Å². The Morgan fingerprint density at radius 1 is 1.38 bits per heavy atom. The minimum atomic E-state index is -0.992. The van der Waals surface area contributed by atoms with Gasteiger partial charge in [-0.05, 0) is 50.4 Å². The first-order valence-electron chi connectivity index (χ1n) is 9.76. The number of hydrogen-bond donors (Lipinski definition) is 2. The fourth-order valence-corrected chi connectivity index (χ4v) is 5.64. The largest absolute Gasteiger partial charge is 0.458 e. The first kappa shape index (κ1) is 19.4. The molecule has 0 saturated heterocycles. The second kappa shape index (κ2) is 6.97. The number of rotatable bonds is 1. The van der Waals surface area contributed by atoms with Gasteiger partial charge in [0.25, 0.3) is 0 Å². The average Bonchev–Trinajstić information content (AvgIpc) is 2.90. The quantitative estimate of drug-likeness (QED) is 0.554. The maximum atomic E-state index is 11.7. The SMILES string of the molecule is C=C1C=CCC(C)CC(OC(C)=O)C2=C(C)C3C1CCC3(C)C(O)C2O. The highest BCUT2D eigenvalue weighted by Crippen LogP contribution is 2.59. The molecule has 3 rings (SSSR count). The minimum absolute atomic E-state index is 0.111. The van der Waals surface area contributed by atoms with Crippen molar-refractivity contribution in [3.05, 3.63) is 35.5 Å². The first-order valence-corrected chi connectivity index (χ1v) is 9.76. The average molecular weight is 360 g/mol. The first-order chi connectivity index (χ1) is 12.2. The topological polar surface area (TPSA) is 66.8 Å². The van der Waals surface area contributed by atoms with Crippen LogP contribution in [-0.2, 0) is 9.53 Å². The molecular formula is C22H32O4. The molecule has 3 aliphatic carbocycles. The summed E-state index contributed by atoms with van der Waals surface area (Å²) in [6.07, 6.45) is 5.27. The Labute approximate surface area is 156 Å². The van der Waals surface area contributed by atoms with Crippen molar-refractivity contribution in [2.45, 2.75) is 71.7 Å². The maximum Gasteiger partial charge on any atom is 0.303 e. The Hall–Kier alpha value is -1.39. The van der Waals surface area contributed by atoms with Gasteiger partial charge in [-0.3, -0.25) is 4.79 Å². The van der Waals surface area contributed by atoms with E-state index in [-0.39, 0.29) is 23.2 Å². The molecule has 0 heterocycles. The number of allylic oxidation sites excluding steroid dienone is 4. The van der Waals surface area contributed by atoms with Crippen LogP contribution in [0.4, 0.5) is 0 Å². The van der Waals surface area contributed by atoms with E-state index in [0.29, 0.717) is 17.9 Å². The predicted octanol–water partition coefficient (Wildman–Crippen LogP) is 3.54. The molecule has 0 aromatic rings. The number of esters is 1. The van der Waals surface area contributed by atoms with Crippen LogP contribution in [0.25, 0.3) is 0 Å². The van der Waals surface area contributed by atoms with Crippen molar-refractivity contribution in [3.8, 4) is 0 Å². The van der Waals surface area contributed by atoms with Crippen LogP contribution in [0, 0.1) is 23.2 Å². The second-order valence-electron chi connectivity index (χ2n) is 8.81. The fraction of sp³-hybridized carbons (Fsp3) is 0.682. The summed E-state index contributed by atoms with van der Waals surface area (Å²) in [7, 11) is 0. The maximum absolute atomic E-state index is 11.7. The smallest absolute Gasteiger partial charge is 0.303 e. The van der Waals surface area contributed by atoms with E-state index in [2.05, 4.69) is 32.6 Å². The summed E-state index contributed by atoms with van der Waals surface area (Å²) in [4.78, 5) is 11.7. The molecule has 0 spiro atoms. The number of aliphatic hydroxyl groups is 2. The van der Waals surface area contributed by atoms with Gasteiger partial charge in [0.05, 0.1) is 6.10 Å². The lowest BCUT2D eigenvalue weighted by Gasteiger charge is -2.48. The minimum Gasteiger partial charge on any atom is -0.458 e. The highest BCUT2D eigenvalue weighted by atomic mass is 16.5. The Bertz CT molecular complexity index is 661. The summed E-state index contributed by atoms with van der Waals surface area (Å²) < 4.78 is 5.65. The predicted molar refractivity (Wildman–Crippen MR) is 101 cm³/mol. The second-order valence-corrected chi connectivity index (χ2v) is 8.81. The molecule has 0 radical (unpaired) electrons. The lowest BCUT2D eigenvalue weighted by Crippen LogP contribution is -2.52. The summed E-state index contributed by atoms with van der Waals surface area (Å²) in [5.41, 5.74) is 2.50. The molecule has 144 valence electrons. The van der Waals surface area contributed by atoms with E-state index >= 15 is 0 Å². The van der Waals surface area contributed by atoms with Gasteiger partial charge < -0.3 is 14.9 Å². The van der Waals surface area contributed by atoms with Crippen LogP contribution in [0.1, 0.15) is 53.4 Å². The van der Waals surface area contributed by atoms with Gasteiger partial charge in [-0.2, -0.15) is 0 Å². The molecule has 7 atom stereocenters. The molecule has 2 N–H and O–H groups in total. The van der Waals surface area contributed by atoms with E-state index in [4.69, 9.17) is 4.74 Å². The summed E-state index contributed by atoms with van der Waals surface area (Å²) in [5.74, 6) is 0.300. The van der Waals surface area contributed by atoms with Gasteiger partial charge >= 0.3 is 5.97 Å². The molecule has 7 unspecified atom stereocenters. The Morgan fingerprint density at radius 3 is 2.73 bits per heavy atom. The van der Waals surface area contributed by atoms with Gasteiger partial charge in [-0.25, -0.2) is 0 Å². The number of hydrogen-bond acceptors (Lipinski definition) is 4. The van der Waals surface area contributed by atoms with Crippen LogP contribution >= 0.6 is 0 Å². The number of ether oxygens (including phenoxy) is 1. The molecule has 0 aromatic carbocycles. The van der Waals surface area contributed by atoms with Crippen molar-refractivity contribution in [1.82, 2.24) is 0 Å². The normalized spacial score (nSPS) is 43.2. The van der Waals surface area contributed by atoms with Gasteiger partial charge in [0.2, 0.25) is 0 Å². The molecule has 4 heteroatoms. The van der Waals surface area contributed by atoms with Crippen LogP contribution in [-0.4, -0.2) is 34.5 Å². The summed E-state index contributed by atoms with van der Waals surface area (Å²) >= 11 is 0. The molecule has 4 nitrogen and oxygen atoms in total. The Balaban J connectivity index is 2.16. The van der Waals surface area contributed by atoms with Crippen molar-refractivity contribution in [2.24, 2.45) is 23.2 Å². The third-order valence-electron chi connectivity index (χ3n) is 6.94. The zero-order valence-corrected chi connectivity index (χ0v) is 16.4. The zero-order valence-electron chi connectivity index (χ0n) is 16.4. The molecule has 1 fully saturated rings. The van der Waals surface area contributed by atoms with Gasteiger partial charge in [0, 0.05) is 17.9 Å². The van der Waals surface area contributed by atoms with Crippen molar-refractivity contribution in [2.75, 3.05) is 0 Å². The van der Waals surface area contributed by atoms with Crippen LogP contribution in [0.5, 0.6) is 0 Å². The van der Waals surface area contributed by atoms with Gasteiger partial charge in [-0.15, -0.1) is 0 Å². The van der Waals surface area contributed by atoms with E-state index < -0.39 is 18.3 Å². The number of aliphatic hydroxyl groups excluding tert-OH is 2. The van der Waals surface area contributed by atoms with Crippen LogP contribution in [0.2, 0.25) is 0 Å². The third kappa shape index (κ3) is 3.07. The summed E-state index contributed by atoms with van der Waals surface area (Å²) in [6.45, 7) is 12.0. The van der Waals surface area contributed by atoms with Crippen molar-refractivity contribution in [3.63, 3.8) is 0 Å². The van der Waals surface area contributed by atoms with Crippen molar-refractivity contribution < 1.29 is 19.7 Å². The van der Waals surface area contributed by atoms with Crippen LogP contribution in [0.15, 0.2) is 35.5 Å². The summed E-state index contributed by atoms with van der Waals surface area (Å²) in [5, 5.41) is 22.0. The molecule has 0 amide bonds. The van der Waals surface area contributed by atoms with Gasteiger partial charge in [-0.1, -0.05) is 43.7 Å². The third-order valence-corrected chi connectivity index (χ3v) is 6.94. The Morgan fingerprint density at radius 2 is 2.08 bits per heavy atom. The van der Waals surface area contributed by atoms with Crippen molar-refractivity contribution >= 4 is 5.97 Å². The Kier molecular flexibility index (Phi) is 5.19. The molecule has 1 saturated carbocycles. The number of carbonyl (C=O) groups excluding carboxylic acids is 1. The molecular weight excluding hydrogens is 328 g/mol. The standard InChI is InChI=1S/C22H32O4/c1-12-7-6-8-13(2)16-9-10-22(5)19(16)14(3)18(20(24)21(22)25)17(11-12)26-15(4)23/h6,8,12,16-17,19-21,24-25H,2,7,9-11H2,1,3-5H3. The lowest BCUT2D eigenvalue weighted by atomic mass is 9.61. The highest BCUT2D eigenvalue weighted by molar-refractivity contribution is 5.66. The molecule has 0 aliphatic heterocycles. The van der Waals surface area contributed by atoms with E-state index in [1.54, 1.807) is 0 Å². The zero-order chi connectivity index (χ0) is 19.2. The van der Waals surface area contributed by atoms with E-state index in [1.165, 1.54) is 6.92 Å².